The monoisotopic (exact) mass is 323 g/mol. The quantitative estimate of drug-likeness (QED) is 0.808. The van der Waals surface area contributed by atoms with Gasteiger partial charge in [-0.1, -0.05) is 6.92 Å². The van der Waals surface area contributed by atoms with Gasteiger partial charge in [0.1, 0.15) is 5.82 Å². The second-order valence-corrected chi connectivity index (χ2v) is 6.23. The number of anilines is 1. The number of aryl methyl sites for hydroxylation is 1. The van der Waals surface area contributed by atoms with Crippen LogP contribution >= 0.6 is 34.4 Å². The Balaban J connectivity index is 2.36. The number of nitrogen functional groups attached to an aromatic ring is 1. The number of thioether (sulfide) groups is 1. The molecule has 2 unspecified atom stereocenters. The summed E-state index contributed by atoms with van der Waals surface area (Å²) in [5.74, 6) is 2.06. The Morgan fingerprint density at radius 2 is 2.36 bits per heavy atom. The third kappa shape index (κ3) is 1.64. The number of hydrogen-bond donors (Lipinski definition) is 1. The van der Waals surface area contributed by atoms with Gasteiger partial charge in [-0.25, -0.2) is 4.68 Å². The van der Waals surface area contributed by atoms with Crippen LogP contribution in [0, 0.1) is 10.5 Å². The Morgan fingerprint density at radius 3 is 2.79 bits per heavy atom. The summed E-state index contributed by atoms with van der Waals surface area (Å²) < 4.78 is 3.12. The first-order chi connectivity index (χ1) is 6.61. The molecule has 5 heteroatoms. The first kappa shape index (κ1) is 10.6. The highest BCUT2D eigenvalue weighted by molar-refractivity contribution is 14.1. The predicted octanol–water partition coefficient (Wildman–Crippen LogP) is 2.44. The summed E-state index contributed by atoms with van der Waals surface area (Å²) in [5.41, 5.74) is 7.08. The Morgan fingerprint density at radius 1 is 1.64 bits per heavy atom. The zero-order chi connectivity index (χ0) is 10.3. The van der Waals surface area contributed by atoms with E-state index in [4.69, 9.17) is 5.73 Å². The molecule has 0 spiro atoms. The first-order valence-electron chi connectivity index (χ1n) is 4.73. The fraction of sp³-hybridized carbons (Fsp3) is 0.667. The molecule has 0 aliphatic carbocycles. The highest BCUT2D eigenvalue weighted by Gasteiger charge is 2.28. The van der Waals surface area contributed by atoms with Crippen LogP contribution in [0.1, 0.15) is 25.1 Å². The Kier molecular flexibility index (Phi) is 2.97. The molecule has 1 aromatic heterocycles. The summed E-state index contributed by atoms with van der Waals surface area (Å²) in [6.07, 6.45) is 1.19. The van der Waals surface area contributed by atoms with Gasteiger partial charge >= 0.3 is 0 Å². The highest BCUT2D eigenvalue weighted by Crippen LogP contribution is 2.37. The molecule has 0 amide bonds. The van der Waals surface area contributed by atoms with Gasteiger partial charge < -0.3 is 5.73 Å². The molecule has 3 nitrogen and oxygen atoms in total. The maximum absolute atomic E-state index is 6.03. The van der Waals surface area contributed by atoms with Crippen molar-refractivity contribution in [3.05, 3.63) is 9.26 Å². The van der Waals surface area contributed by atoms with Crippen LogP contribution in [-0.2, 0) is 0 Å². The van der Waals surface area contributed by atoms with Gasteiger partial charge in [0.25, 0.3) is 0 Å². The summed E-state index contributed by atoms with van der Waals surface area (Å²) in [6, 6.07) is 0.488. The molecule has 2 rings (SSSR count). The van der Waals surface area contributed by atoms with E-state index in [1.165, 1.54) is 12.2 Å². The molecule has 1 aromatic rings. The maximum Gasteiger partial charge on any atom is 0.135 e. The molecule has 1 fully saturated rings. The lowest BCUT2D eigenvalue weighted by molar-refractivity contribution is 0.461. The Hall–Kier alpha value is 0.0900. The molecule has 1 aliphatic rings. The van der Waals surface area contributed by atoms with Crippen LogP contribution in [-0.4, -0.2) is 20.8 Å². The second-order valence-electron chi connectivity index (χ2n) is 3.66. The van der Waals surface area contributed by atoms with Crippen LogP contribution in [0.3, 0.4) is 0 Å². The number of aromatic nitrogens is 2. The van der Waals surface area contributed by atoms with Crippen LogP contribution in [0.2, 0.25) is 0 Å². The van der Waals surface area contributed by atoms with Crippen LogP contribution in [0.25, 0.3) is 0 Å². The molecule has 14 heavy (non-hydrogen) atoms. The normalized spacial score (nSPS) is 27.1. The van der Waals surface area contributed by atoms with E-state index < -0.39 is 0 Å². The number of halogens is 1. The minimum absolute atomic E-state index is 0.488. The SMILES string of the molecule is Cc1nn(C2CCSC2C)c(N)c1I. The minimum atomic E-state index is 0.488. The van der Waals surface area contributed by atoms with Gasteiger partial charge in [0.15, 0.2) is 0 Å². The zero-order valence-electron chi connectivity index (χ0n) is 8.33. The van der Waals surface area contributed by atoms with E-state index in [1.807, 2.05) is 23.4 Å². The van der Waals surface area contributed by atoms with E-state index in [1.54, 1.807) is 0 Å². The summed E-state index contributed by atoms with van der Waals surface area (Å²) in [5, 5.41) is 5.14. The average Bonchev–Trinajstić information content (AvgIpc) is 2.66. The lowest BCUT2D eigenvalue weighted by atomic mass is 10.2. The third-order valence-electron chi connectivity index (χ3n) is 2.70. The zero-order valence-corrected chi connectivity index (χ0v) is 11.3. The van der Waals surface area contributed by atoms with Gasteiger partial charge in [0, 0.05) is 5.25 Å². The van der Waals surface area contributed by atoms with Crippen molar-refractivity contribution in [3.63, 3.8) is 0 Å². The van der Waals surface area contributed by atoms with Crippen molar-refractivity contribution in [2.45, 2.75) is 31.6 Å². The van der Waals surface area contributed by atoms with Crippen molar-refractivity contribution in [2.75, 3.05) is 11.5 Å². The Bertz CT molecular complexity index is 350. The second kappa shape index (κ2) is 3.92. The van der Waals surface area contributed by atoms with Crippen LogP contribution in [0.15, 0.2) is 0 Å². The average molecular weight is 323 g/mol. The Labute approximate surface area is 102 Å². The summed E-state index contributed by atoms with van der Waals surface area (Å²) in [4.78, 5) is 0. The van der Waals surface area contributed by atoms with E-state index in [0.29, 0.717) is 11.3 Å². The lowest BCUT2D eigenvalue weighted by Gasteiger charge is -2.16. The van der Waals surface area contributed by atoms with Gasteiger partial charge in [0.2, 0.25) is 0 Å². The van der Waals surface area contributed by atoms with E-state index in [-0.39, 0.29) is 0 Å². The number of nitrogens with zero attached hydrogens (tertiary/aromatic N) is 2. The minimum Gasteiger partial charge on any atom is -0.383 e. The summed E-state index contributed by atoms with van der Waals surface area (Å²) in [7, 11) is 0. The number of nitrogens with two attached hydrogens (primary N) is 1. The third-order valence-corrected chi connectivity index (χ3v) is 5.34. The van der Waals surface area contributed by atoms with E-state index >= 15 is 0 Å². The van der Waals surface area contributed by atoms with Gasteiger partial charge in [-0.3, -0.25) is 0 Å². The van der Waals surface area contributed by atoms with Crippen molar-refractivity contribution in [1.29, 1.82) is 0 Å². The fourth-order valence-corrected chi connectivity index (χ4v) is 3.42. The molecule has 2 heterocycles. The standard InChI is InChI=1S/C9H14IN3S/c1-5-8(10)9(11)13(12-5)7-3-4-14-6(7)2/h6-7H,3-4,11H2,1-2H3. The number of hydrogen-bond acceptors (Lipinski definition) is 3. The molecule has 1 saturated heterocycles. The fourth-order valence-electron chi connectivity index (χ4n) is 1.84. The molecule has 0 aromatic carbocycles. The smallest absolute Gasteiger partial charge is 0.135 e. The van der Waals surface area contributed by atoms with Crippen molar-refractivity contribution >= 4 is 40.2 Å². The topological polar surface area (TPSA) is 43.8 Å². The van der Waals surface area contributed by atoms with E-state index in [2.05, 4.69) is 34.6 Å². The molecule has 0 bridgehead atoms. The van der Waals surface area contributed by atoms with Crippen LogP contribution < -0.4 is 5.73 Å². The van der Waals surface area contributed by atoms with Gasteiger partial charge in [0.05, 0.1) is 15.3 Å². The lowest BCUT2D eigenvalue weighted by Crippen LogP contribution is -2.17. The molecule has 2 atom stereocenters. The molecular formula is C9H14IN3S. The van der Waals surface area contributed by atoms with Gasteiger partial charge in [-0.15, -0.1) is 0 Å². The number of rotatable bonds is 1. The van der Waals surface area contributed by atoms with Crippen molar-refractivity contribution < 1.29 is 0 Å². The van der Waals surface area contributed by atoms with E-state index in [0.717, 1.165) is 15.1 Å². The molecule has 0 radical (unpaired) electrons. The van der Waals surface area contributed by atoms with Crippen molar-refractivity contribution in [3.8, 4) is 0 Å². The van der Waals surface area contributed by atoms with Crippen molar-refractivity contribution in [2.24, 2.45) is 0 Å². The maximum atomic E-state index is 6.03. The summed E-state index contributed by atoms with van der Waals surface area (Å²) in [6.45, 7) is 4.27. The molecular weight excluding hydrogens is 309 g/mol. The predicted molar refractivity (Wildman–Crippen MR) is 69.7 cm³/mol. The first-order valence-corrected chi connectivity index (χ1v) is 6.85. The molecule has 1 aliphatic heterocycles. The molecule has 78 valence electrons. The van der Waals surface area contributed by atoms with Crippen LogP contribution in [0.4, 0.5) is 5.82 Å². The largest absolute Gasteiger partial charge is 0.383 e. The van der Waals surface area contributed by atoms with Gasteiger partial charge in [-0.05, 0) is 41.7 Å². The van der Waals surface area contributed by atoms with Crippen molar-refractivity contribution in [1.82, 2.24) is 9.78 Å². The van der Waals surface area contributed by atoms with Gasteiger partial charge in [-0.2, -0.15) is 16.9 Å². The highest BCUT2D eigenvalue weighted by atomic mass is 127. The van der Waals surface area contributed by atoms with Crippen LogP contribution in [0.5, 0.6) is 0 Å². The molecule has 2 N–H and O–H groups in total. The van der Waals surface area contributed by atoms with E-state index in [9.17, 15) is 0 Å². The summed E-state index contributed by atoms with van der Waals surface area (Å²) >= 11 is 4.27. The molecule has 0 saturated carbocycles.